The monoisotopic (exact) mass is 347 g/mol. The van der Waals surface area contributed by atoms with Crippen LogP contribution in [0.25, 0.3) is 0 Å². The molecule has 4 nitrogen and oxygen atoms in total. The summed E-state index contributed by atoms with van der Waals surface area (Å²) < 4.78 is 31.2. The largest absolute Gasteiger partial charge is 0.452 e. The van der Waals surface area contributed by atoms with Crippen LogP contribution in [0.4, 0.5) is 14.5 Å². The number of benzene rings is 2. The quantitative estimate of drug-likeness (QED) is 0.807. The number of amides is 1. The molecular weight excluding hydrogens is 328 g/mol. The first-order valence-electron chi connectivity index (χ1n) is 7.99. The molecular formula is C19H19F2NO3. The van der Waals surface area contributed by atoms with Gasteiger partial charge >= 0.3 is 5.97 Å². The van der Waals surface area contributed by atoms with Crippen LogP contribution < -0.4 is 5.32 Å². The zero-order chi connectivity index (χ0) is 18.4. The van der Waals surface area contributed by atoms with Gasteiger partial charge in [-0.05, 0) is 36.1 Å². The SMILES string of the molecule is CCc1cccc(CC)c1NC(=O)COC(=O)c1ccc(F)cc1F. The van der Waals surface area contributed by atoms with Crippen molar-refractivity contribution in [2.75, 3.05) is 11.9 Å². The summed E-state index contributed by atoms with van der Waals surface area (Å²) in [6, 6.07) is 8.26. The Bertz CT molecular complexity index is 768. The third-order valence-electron chi connectivity index (χ3n) is 3.75. The van der Waals surface area contributed by atoms with E-state index in [1.165, 1.54) is 0 Å². The first-order valence-corrected chi connectivity index (χ1v) is 7.99. The molecule has 6 heteroatoms. The number of carbonyl (C=O) groups excluding carboxylic acids is 2. The van der Waals surface area contributed by atoms with Gasteiger partial charge in [-0.1, -0.05) is 32.0 Å². The summed E-state index contributed by atoms with van der Waals surface area (Å²) in [5.74, 6) is -3.37. The lowest BCUT2D eigenvalue weighted by Gasteiger charge is -2.14. The molecule has 0 bridgehead atoms. The summed E-state index contributed by atoms with van der Waals surface area (Å²) in [7, 11) is 0. The molecule has 0 saturated carbocycles. The number of para-hydroxylation sites is 1. The van der Waals surface area contributed by atoms with Crippen LogP contribution in [0.5, 0.6) is 0 Å². The standard InChI is InChI=1S/C19H19F2NO3/c1-3-12-6-5-7-13(4-2)18(12)22-17(23)11-25-19(24)15-9-8-14(20)10-16(15)21/h5-10H,3-4,11H2,1-2H3,(H,22,23). The van der Waals surface area contributed by atoms with Crippen molar-refractivity contribution in [1.29, 1.82) is 0 Å². The van der Waals surface area contributed by atoms with Gasteiger partial charge in [0.05, 0.1) is 5.56 Å². The van der Waals surface area contributed by atoms with Crippen LogP contribution in [0.3, 0.4) is 0 Å². The Morgan fingerprint density at radius 3 is 2.24 bits per heavy atom. The van der Waals surface area contributed by atoms with Crippen molar-refractivity contribution in [3.8, 4) is 0 Å². The summed E-state index contributed by atoms with van der Waals surface area (Å²) >= 11 is 0. The Morgan fingerprint density at radius 1 is 1.04 bits per heavy atom. The second-order valence-corrected chi connectivity index (χ2v) is 5.41. The summed E-state index contributed by atoms with van der Waals surface area (Å²) in [4.78, 5) is 23.9. The number of aryl methyl sites for hydroxylation is 2. The van der Waals surface area contributed by atoms with Crippen molar-refractivity contribution in [3.05, 3.63) is 64.7 Å². The molecule has 0 aliphatic carbocycles. The Balaban J connectivity index is 2.03. The van der Waals surface area contributed by atoms with Crippen molar-refractivity contribution in [1.82, 2.24) is 0 Å². The van der Waals surface area contributed by atoms with Gasteiger partial charge < -0.3 is 10.1 Å². The highest BCUT2D eigenvalue weighted by Gasteiger charge is 2.16. The number of halogens is 2. The number of carbonyl (C=O) groups is 2. The highest BCUT2D eigenvalue weighted by Crippen LogP contribution is 2.22. The van der Waals surface area contributed by atoms with Gasteiger partial charge in [0.25, 0.3) is 5.91 Å². The highest BCUT2D eigenvalue weighted by molar-refractivity contribution is 5.96. The van der Waals surface area contributed by atoms with Gasteiger partial charge in [-0.15, -0.1) is 0 Å². The van der Waals surface area contributed by atoms with E-state index in [1.54, 1.807) is 0 Å². The van der Waals surface area contributed by atoms with Crippen LogP contribution in [0, 0.1) is 11.6 Å². The van der Waals surface area contributed by atoms with E-state index in [0.29, 0.717) is 11.8 Å². The van der Waals surface area contributed by atoms with Crippen molar-refractivity contribution in [2.24, 2.45) is 0 Å². The van der Waals surface area contributed by atoms with E-state index in [0.717, 1.165) is 36.1 Å². The number of ether oxygens (including phenoxy) is 1. The Kier molecular flexibility index (Phi) is 6.22. The van der Waals surface area contributed by atoms with Crippen LogP contribution in [0.2, 0.25) is 0 Å². The normalized spacial score (nSPS) is 10.4. The van der Waals surface area contributed by atoms with E-state index >= 15 is 0 Å². The molecule has 0 fully saturated rings. The molecule has 132 valence electrons. The smallest absolute Gasteiger partial charge is 0.341 e. The fourth-order valence-electron chi connectivity index (χ4n) is 2.44. The Labute approximate surface area is 144 Å². The molecule has 0 aliphatic heterocycles. The molecule has 2 rings (SSSR count). The van der Waals surface area contributed by atoms with Crippen LogP contribution in [-0.2, 0) is 22.4 Å². The summed E-state index contributed by atoms with van der Waals surface area (Å²) in [6.07, 6.45) is 1.48. The van der Waals surface area contributed by atoms with Crippen molar-refractivity contribution >= 4 is 17.6 Å². The number of rotatable bonds is 6. The maximum absolute atomic E-state index is 13.5. The van der Waals surface area contributed by atoms with Crippen LogP contribution in [-0.4, -0.2) is 18.5 Å². The first kappa shape index (κ1) is 18.6. The lowest BCUT2D eigenvalue weighted by atomic mass is 10.0. The zero-order valence-corrected chi connectivity index (χ0v) is 14.1. The molecule has 0 aromatic heterocycles. The minimum Gasteiger partial charge on any atom is -0.452 e. The average Bonchev–Trinajstić information content (AvgIpc) is 2.59. The number of anilines is 1. The molecule has 1 amide bonds. The number of hydrogen-bond acceptors (Lipinski definition) is 3. The first-order chi connectivity index (χ1) is 12.0. The second-order valence-electron chi connectivity index (χ2n) is 5.41. The minimum absolute atomic E-state index is 0.419. The fourth-order valence-corrected chi connectivity index (χ4v) is 2.44. The molecule has 25 heavy (non-hydrogen) atoms. The van der Waals surface area contributed by atoms with Gasteiger partial charge in [-0.2, -0.15) is 0 Å². The van der Waals surface area contributed by atoms with Crippen LogP contribution >= 0.6 is 0 Å². The van der Waals surface area contributed by atoms with E-state index in [9.17, 15) is 18.4 Å². The number of esters is 1. The van der Waals surface area contributed by atoms with E-state index in [1.807, 2.05) is 32.0 Å². The van der Waals surface area contributed by atoms with Gasteiger partial charge in [-0.25, -0.2) is 13.6 Å². The summed E-state index contributed by atoms with van der Waals surface area (Å²) in [6.45, 7) is 3.39. The molecule has 0 heterocycles. The second kappa shape index (κ2) is 8.37. The molecule has 0 radical (unpaired) electrons. The topological polar surface area (TPSA) is 55.4 Å². The van der Waals surface area contributed by atoms with Crippen molar-refractivity contribution < 1.29 is 23.1 Å². The van der Waals surface area contributed by atoms with E-state index in [4.69, 9.17) is 4.74 Å². The van der Waals surface area contributed by atoms with Crippen molar-refractivity contribution in [3.63, 3.8) is 0 Å². The summed E-state index contributed by atoms with van der Waals surface area (Å²) in [5.41, 5.74) is 2.24. The van der Waals surface area contributed by atoms with Crippen LogP contribution in [0.15, 0.2) is 36.4 Å². The van der Waals surface area contributed by atoms with E-state index in [-0.39, 0.29) is 0 Å². The predicted octanol–water partition coefficient (Wildman–Crippen LogP) is 3.89. The third-order valence-corrected chi connectivity index (χ3v) is 3.75. The molecule has 0 saturated heterocycles. The maximum Gasteiger partial charge on any atom is 0.341 e. The average molecular weight is 347 g/mol. The van der Waals surface area contributed by atoms with E-state index in [2.05, 4.69) is 5.32 Å². The zero-order valence-electron chi connectivity index (χ0n) is 14.1. The number of nitrogens with one attached hydrogen (secondary N) is 1. The molecule has 0 atom stereocenters. The van der Waals surface area contributed by atoms with Crippen molar-refractivity contribution in [2.45, 2.75) is 26.7 Å². The molecule has 0 aliphatic rings. The lowest BCUT2D eigenvalue weighted by molar-refractivity contribution is -0.119. The minimum atomic E-state index is -1.03. The number of hydrogen-bond donors (Lipinski definition) is 1. The fraction of sp³-hybridized carbons (Fsp3) is 0.263. The summed E-state index contributed by atoms with van der Waals surface area (Å²) in [5, 5.41) is 2.74. The highest BCUT2D eigenvalue weighted by atomic mass is 19.1. The van der Waals surface area contributed by atoms with Gasteiger partial charge in [0.2, 0.25) is 0 Å². The Hall–Kier alpha value is -2.76. The van der Waals surface area contributed by atoms with Gasteiger partial charge in [0.15, 0.2) is 6.61 Å². The molecule has 0 unspecified atom stereocenters. The lowest BCUT2D eigenvalue weighted by Crippen LogP contribution is -2.22. The Morgan fingerprint density at radius 2 is 1.68 bits per heavy atom. The molecule has 2 aromatic rings. The molecule has 1 N–H and O–H groups in total. The van der Waals surface area contributed by atoms with Crippen LogP contribution in [0.1, 0.15) is 35.3 Å². The maximum atomic E-state index is 13.5. The molecule has 0 spiro atoms. The van der Waals surface area contributed by atoms with Gasteiger partial charge in [0.1, 0.15) is 11.6 Å². The van der Waals surface area contributed by atoms with Gasteiger partial charge in [0, 0.05) is 11.8 Å². The predicted molar refractivity (Wildman–Crippen MR) is 90.5 cm³/mol. The van der Waals surface area contributed by atoms with E-state index < -0.39 is 35.7 Å². The van der Waals surface area contributed by atoms with Gasteiger partial charge in [-0.3, -0.25) is 4.79 Å². The third kappa shape index (κ3) is 4.62. The molecule has 2 aromatic carbocycles.